The highest BCUT2D eigenvalue weighted by atomic mass is 32.2. The molecule has 0 spiro atoms. The van der Waals surface area contributed by atoms with Crippen LogP contribution in [-0.4, -0.2) is 23.9 Å². The van der Waals surface area contributed by atoms with E-state index in [0.29, 0.717) is 10.5 Å². The fraction of sp³-hybridized carbons (Fsp3) is 0.0476. The largest absolute Gasteiger partial charge is 0.337 e. The standard InChI is InChI=1S/C21H18N4O3S3/c26-20(24-16-5-2-6-17(13-16)25-10-9-22-21(25)29)15-4-1-8-19(12-15)31(27,28)23-14-18-7-3-11-30-18/h1-13,23H,14H2,(H,22,29)(H,24,26). The van der Waals surface area contributed by atoms with Crippen molar-refractivity contribution in [3.8, 4) is 5.69 Å². The van der Waals surface area contributed by atoms with Gasteiger partial charge in [-0.1, -0.05) is 18.2 Å². The van der Waals surface area contributed by atoms with E-state index in [1.54, 1.807) is 47.3 Å². The minimum absolute atomic E-state index is 0.0316. The zero-order valence-corrected chi connectivity index (χ0v) is 18.6. The molecule has 4 rings (SSSR count). The summed E-state index contributed by atoms with van der Waals surface area (Å²) >= 11 is 6.70. The van der Waals surface area contributed by atoms with Crippen molar-refractivity contribution in [2.24, 2.45) is 0 Å². The fourth-order valence-corrected chi connectivity index (χ4v) is 4.95. The van der Waals surface area contributed by atoms with Crippen molar-refractivity contribution in [3.63, 3.8) is 0 Å². The molecule has 0 aliphatic rings. The Bertz CT molecular complexity index is 1370. The summed E-state index contributed by atoms with van der Waals surface area (Å²) in [4.78, 5) is 16.6. The van der Waals surface area contributed by atoms with Gasteiger partial charge in [-0.25, -0.2) is 13.1 Å². The predicted octanol–water partition coefficient (Wildman–Crippen LogP) is 4.33. The van der Waals surface area contributed by atoms with E-state index in [1.807, 2.05) is 23.6 Å². The molecule has 0 radical (unpaired) electrons. The van der Waals surface area contributed by atoms with E-state index < -0.39 is 15.9 Å². The minimum Gasteiger partial charge on any atom is -0.337 e. The Morgan fingerprint density at radius 2 is 1.94 bits per heavy atom. The van der Waals surface area contributed by atoms with Gasteiger partial charge in [0.05, 0.1) is 4.90 Å². The summed E-state index contributed by atoms with van der Waals surface area (Å²) in [5.41, 5.74) is 1.59. The summed E-state index contributed by atoms with van der Waals surface area (Å²) in [7, 11) is -3.75. The summed E-state index contributed by atoms with van der Waals surface area (Å²) in [6.07, 6.45) is 3.52. The quantitative estimate of drug-likeness (QED) is 0.350. The lowest BCUT2D eigenvalue weighted by Crippen LogP contribution is -2.23. The number of amides is 1. The molecule has 1 amide bonds. The van der Waals surface area contributed by atoms with Crippen molar-refractivity contribution in [1.82, 2.24) is 14.3 Å². The number of sulfonamides is 1. The van der Waals surface area contributed by atoms with Crippen molar-refractivity contribution in [2.75, 3.05) is 5.32 Å². The number of carbonyl (C=O) groups is 1. The number of rotatable bonds is 7. The van der Waals surface area contributed by atoms with E-state index in [-0.39, 0.29) is 17.0 Å². The zero-order valence-electron chi connectivity index (χ0n) is 16.1. The Morgan fingerprint density at radius 1 is 1.10 bits per heavy atom. The molecule has 2 aromatic heterocycles. The summed E-state index contributed by atoms with van der Waals surface area (Å²) in [6.45, 7) is 0.199. The molecule has 7 nitrogen and oxygen atoms in total. The summed E-state index contributed by atoms with van der Waals surface area (Å²) in [5, 5.41) is 4.69. The molecule has 4 aromatic rings. The maximum absolute atomic E-state index is 12.7. The maximum atomic E-state index is 12.7. The van der Waals surface area contributed by atoms with Gasteiger partial charge in [0.25, 0.3) is 5.91 Å². The number of anilines is 1. The third-order valence-electron chi connectivity index (χ3n) is 4.45. The van der Waals surface area contributed by atoms with Crippen LogP contribution in [0.3, 0.4) is 0 Å². The molecule has 0 saturated carbocycles. The van der Waals surface area contributed by atoms with Gasteiger partial charge >= 0.3 is 0 Å². The van der Waals surface area contributed by atoms with Crippen LogP contribution in [0, 0.1) is 4.77 Å². The second-order valence-corrected chi connectivity index (χ2v) is 9.76. The van der Waals surface area contributed by atoms with Crippen LogP contribution in [0.5, 0.6) is 0 Å². The number of H-pyrrole nitrogens is 1. The van der Waals surface area contributed by atoms with Crippen LogP contribution < -0.4 is 10.0 Å². The van der Waals surface area contributed by atoms with Gasteiger partial charge in [-0.2, -0.15) is 0 Å². The van der Waals surface area contributed by atoms with Crippen LogP contribution in [0.25, 0.3) is 5.69 Å². The van der Waals surface area contributed by atoms with Crippen molar-refractivity contribution in [2.45, 2.75) is 11.4 Å². The molecule has 10 heteroatoms. The number of benzene rings is 2. The van der Waals surface area contributed by atoms with Gasteiger partial charge in [0, 0.05) is 40.8 Å². The van der Waals surface area contributed by atoms with Crippen LogP contribution in [-0.2, 0) is 16.6 Å². The number of nitrogens with zero attached hydrogens (tertiary/aromatic N) is 1. The smallest absolute Gasteiger partial charge is 0.255 e. The third-order valence-corrected chi connectivity index (χ3v) is 7.04. The molecule has 0 atom stereocenters. The van der Waals surface area contributed by atoms with Gasteiger partial charge < -0.3 is 10.3 Å². The van der Waals surface area contributed by atoms with Crippen LogP contribution in [0.2, 0.25) is 0 Å². The number of thiophene rings is 1. The Kier molecular flexibility index (Phi) is 6.14. The van der Waals surface area contributed by atoms with Crippen molar-refractivity contribution >= 4 is 45.2 Å². The lowest BCUT2D eigenvalue weighted by Gasteiger charge is -2.10. The molecule has 0 saturated heterocycles. The van der Waals surface area contributed by atoms with Gasteiger partial charge in [-0.05, 0) is 60.1 Å². The lowest BCUT2D eigenvalue weighted by molar-refractivity contribution is 0.102. The highest BCUT2D eigenvalue weighted by Gasteiger charge is 2.16. The van der Waals surface area contributed by atoms with Crippen molar-refractivity contribution < 1.29 is 13.2 Å². The average Bonchev–Trinajstić information content (AvgIpc) is 3.44. The molecule has 0 fully saturated rings. The van der Waals surface area contributed by atoms with E-state index in [1.165, 1.54) is 23.5 Å². The molecular weight excluding hydrogens is 452 g/mol. The number of carbonyl (C=O) groups excluding carboxylic acids is 1. The Balaban J connectivity index is 1.51. The molecule has 158 valence electrons. The Labute approximate surface area is 188 Å². The maximum Gasteiger partial charge on any atom is 0.255 e. The van der Waals surface area contributed by atoms with E-state index in [0.717, 1.165) is 10.6 Å². The Morgan fingerprint density at radius 3 is 2.68 bits per heavy atom. The van der Waals surface area contributed by atoms with Gasteiger partial charge in [0.2, 0.25) is 10.0 Å². The van der Waals surface area contributed by atoms with Crippen molar-refractivity contribution in [1.29, 1.82) is 0 Å². The lowest BCUT2D eigenvalue weighted by atomic mass is 10.2. The number of imidazole rings is 1. The van der Waals surface area contributed by atoms with Crippen LogP contribution in [0.1, 0.15) is 15.2 Å². The van der Waals surface area contributed by atoms with E-state index in [2.05, 4.69) is 15.0 Å². The SMILES string of the molecule is O=C(Nc1cccc(-n2cc[nH]c2=S)c1)c1cccc(S(=O)(=O)NCc2cccs2)c1. The molecule has 31 heavy (non-hydrogen) atoms. The second-order valence-electron chi connectivity index (χ2n) is 6.57. The number of nitrogens with one attached hydrogen (secondary N) is 3. The zero-order chi connectivity index (χ0) is 21.8. The number of aromatic amines is 1. The molecule has 0 bridgehead atoms. The van der Waals surface area contributed by atoms with Crippen LogP contribution >= 0.6 is 23.6 Å². The first-order valence-corrected chi connectivity index (χ1v) is 12.0. The van der Waals surface area contributed by atoms with E-state index >= 15 is 0 Å². The van der Waals surface area contributed by atoms with Crippen LogP contribution in [0.15, 0.2) is 83.3 Å². The Hall–Kier alpha value is -3.05. The van der Waals surface area contributed by atoms with Gasteiger partial charge in [0.15, 0.2) is 4.77 Å². The average molecular weight is 471 g/mol. The summed E-state index contributed by atoms with van der Waals surface area (Å²) in [6, 6.07) is 16.8. The predicted molar refractivity (Wildman–Crippen MR) is 124 cm³/mol. The van der Waals surface area contributed by atoms with Gasteiger partial charge in [-0.3, -0.25) is 9.36 Å². The normalized spacial score (nSPS) is 11.4. The summed E-state index contributed by atoms with van der Waals surface area (Å²) in [5.74, 6) is -0.412. The fourth-order valence-electron chi connectivity index (χ4n) is 2.93. The third kappa shape index (κ3) is 5.00. The number of aromatic nitrogens is 2. The topological polar surface area (TPSA) is 96.0 Å². The second kappa shape index (κ2) is 8.98. The molecular formula is C21H18N4O3S3. The minimum atomic E-state index is -3.75. The molecule has 2 aromatic carbocycles. The van der Waals surface area contributed by atoms with Gasteiger partial charge in [0.1, 0.15) is 0 Å². The van der Waals surface area contributed by atoms with Gasteiger partial charge in [-0.15, -0.1) is 11.3 Å². The molecule has 0 aliphatic heterocycles. The molecule has 0 aliphatic carbocycles. The van der Waals surface area contributed by atoms with Crippen LogP contribution in [0.4, 0.5) is 5.69 Å². The number of hydrogen-bond donors (Lipinski definition) is 3. The first-order chi connectivity index (χ1) is 14.9. The van der Waals surface area contributed by atoms with Crippen molar-refractivity contribution in [3.05, 3.63) is 93.6 Å². The van der Waals surface area contributed by atoms with E-state index in [4.69, 9.17) is 12.2 Å². The molecule has 3 N–H and O–H groups in total. The monoisotopic (exact) mass is 470 g/mol. The number of hydrogen-bond acceptors (Lipinski definition) is 5. The molecule has 0 unspecified atom stereocenters. The molecule has 2 heterocycles. The first kappa shape index (κ1) is 21.2. The highest BCUT2D eigenvalue weighted by molar-refractivity contribution is 7.89. The first-order valence-electron chi connectivity index (χ1n) is 9.22. The highest BCUT2D eigenvalue weighted by Crippen LogP contribution is 2.18. The van der Waals surface area contributed by atoms with E-state index in [9.17, 15) is 13.2 Å². The summed E-state index contributed by atoms with van der Waals surface area (Å²) < 4.78 is 30.1.